The second kappa shape index (κ2) is 6.29. The summed E-state index contributed by atoms with van der Waals surface area (Å²) in [5, 5.41) is 9.81. The predicted octanol–water partition coefficient (Wildman–Crippen LogP) is 5.17. The Hall–Kier alpha value is -3.33. The molecule has 0 aliphatic rings. The molecule has 3 nitrogen and oxygen atoms in total. The van der Waals surface area contributed by atoms with Crippen molar-refractivity contribution >= 4 is 16.7 Å². The van der Waals surface area contributed by atoms with Crippen molar-refractivity contribution in [3.05, 3.63) is 84.4 Å². The van der Waals surface area contributed by atoms with Gasteiger partial charge in [0.05, 0.1) is 5.52 Å². The van der Waals surface area contributed by atoms with Crippen molar-refractivity contribution in [2.45, 2.75) is 6.92 Å². The molecule has 0 radical (unpaired) electrons. The van der Waals surface area contributed by atoms with Crippen LogP contribution in [0, 0.1) is 0 Å². The fraction of sp³-hybridized carbons (Fsp3) is 0.0455. The van der Waals surface area contributed by atoms with E-state index in [1.54, 1.807) is 13.0 Å². The summed E-state index contributed by atoms with van der Waals surface area (Å²) in [6, 6.07) is 25.7. The topological polar surface area (TPSA) is 42.9 Å². The summed E-state index contributed by atoms with van der Waals surface area (Å²) in [6.45, 7) is 1.58. The predicted molar refractivity (Wildman–Crippen MR) is 100 cm³/mol. The van der Waals surface area contributed by atoms with Gasteiger partial charge in [0.2, 0.25) is 0 Å². The van der Waals surface area contributed by atoms with Gasteiger partial charge in [-0.15, -0.1) is 10.2 Å². The van der Waals surface area contributed by atoms with Crippen molar-refractivity contribution in [2.75, 3.05) is 0 Å². The van der Waals surface area contributed by atoms with E-state index in [1.165, 1.54) is 0 Å². The molecule has 0 aliphatic heterocycles. The van der Waals surface area contributed by atoms with Gasteiger partial charge in [0.1, 0.15) is 5.69 Å². The van der Waals surface area contributed by atoms with E-state index in [2.05, 4.69) is 22.3 Å². The Labute approximate surface area is 146 Å². The van der Waals surface area contributed by atoms with Gasteiger partial charge in [-0.1, -0.05) is 60.7 Å². The molecule has 3 aromatic carbocycles. The third-order valence-electron chi connectivity index (χ3n) is 4.28. The quantitative estimate of drug-likeness (QED) is 0.488. The maximum absolute atomic E-state index is 11.9. The molecule has 120 valence electrons. The molecule has 0 atom stereocenters. The van der Waals surface area contributed by atoms with Crippen LogP contribution < -0.4 is 0 Å². The summed E-state index contributed by atoms with van der Waals surface area (Å²) < 4.78 is 0. The van der Waals surface area contributed by atoms with Crippen LogP contribution in [0.2, 0.25) is 0 Å². The number of hydrogen-bond acceptors (Lipinski definition) is 3. The maximum atomic E-state index is 11.9. The second-order valence-corrected chi connectivity index (χ2v) is 5.94. The molecule has 0 aliphatic carbocycles. The minimum Gasteiger partial charge on any atom is -0.295 e. The van der Waals surface area contributed by atoms with E-state index in [1.807, 2.05) is 60.7 Å². The lowest BCUT2D eigenvalue weighted by molar-refractivity contribution is 0.101. The molecule has 4 aromatic rings. The van der Waals surface area contributed by atoms with Gasteiger partial charge in [0.25, 0.3) is 0 Å². The molecule has 0 saturated heterocycles. The Morgan fingerprint density at radius 1 is 0.760 bits per heavy atom. The third kappa shape index (κ3) is 2.81. The van der Waals surface area contributed by atoms with Crippen LogP contribution >= 0.6 is 0 Å². The molecule has 0 spiro atoms. The number of carbonyl (C=O) groups excluding carboxylic acids is 1. The summed E-state index contributed by atoms with van der Waals surface area (Å²) in [6.07, 6.45) is 0. The molecule has 25 heavy (non-hydrogen) atoms. The molecule has 0 bridgehead atoms. The molecule has 3 heteroatoms. The summed E-state index contributed by atoms with van der Waals surface area (Å²) >= 11 is 0. The van der Waals surface area contributed by atoms with Gasteiger partial charge in [0, 0.05) is 22.1 Å². The first-order chi connectivity index (χ1) is 12.2. The molecule has 0 fully saturated rings. The van der Waals surface area contributed by atoms with Crippen LogP contribution in [-0.2, 0) is 0 Å². The monoisotopic (exact) mass is 324 g/mol. The van der Waals surface area contributed by atoms with E-state index in [0.29, 0.717) is 5.56 Å². The molecule has 4 rings (SSSR count). The van der Waals surface area contributed by atoms with Crippen molar-refractivity contribution in [1.29, 1.82) is 0 Å². The normalized spacial score (nSPS) is 10.8. The van der Waals surface area contributed by atoms with Gasteiger partial charge < -0.3 is 0 Å². The van der Waals surface area contributed by atoms with Crippen LogP contribution in [0.3, 0.4) is 0 Å². The first kappa shape index (κ1) is 15.2. The van der Waals surface area contributed by atoms with Crippen LogP contribution in [-0.4, -0.2) is 16.0 Å². The fourth-order valence-corrected chi connectivity index (χ4v) is 3.02. The van der Waals surface area contributed by atoms with Crippen molar-refractivity contribution in [3.8, 4) is 22.4 Å². The van der Waals surface area contributed by atoms with Crippen LogP contribution in [0.1, 0.15) is 17.3 Å². The summed E-state index contributed by atoms with van der Waals surface area (Å²) in [5.41, 5.74) is 5.34. The van der Waals surface area contributed by atoms with Crippen molar-refractivity contribution in [3.63, 3.8) is 0 Å². The van der Waals surface area contributed by atoms with E-state index < -0.39 is 0 Å². The van der Waals surface area contributed by atoms with Gasteiger partial charge in [0.15, 0.2) is 5.78 Å². The maximum Gasteiger partial charge on any atom is 0.159 e. The number of Topliss-reactive ketones (excluding diaryl/α,β-unsaturated/α-hetero) is 1. The fourth-order valence-electron chi connectivity index (χ4n) is 3.02. The molecular weight excluding hydrogens is 308 g/mol. The second-order valence-electron chi connectivity index (χ2n) is 5.94. The Balaban J connectivity index is 2.10. The first-order valence-corrected chi connectivity index (χ1v) is 8.16. The zero-order chi connectivity index (χ0) is 17.2. The first-order valence-electron chi connectivity index (χ1n) is 8.16. The molecule has 0 N–H and O–H groups in total. The highest BCUT2D eigenvalue weighted by molar-refractivity contribution is 6.05. The zero-order valence-corrected chi connectivity index (χ0v) is 13.8. The largest absolute Gasteiger partial charge is 0.295 e. The highest BCUT2D eigenvalue weighted by atomic mass is 16.1. The number of benzene rings is 3. The zero-order valence-electron chi connectivity index (χ0n) is 13.8. The van der Waals surface area contributed by atoms with E-state index in [-0.39, 0.29) is 5.78 Å². The van der Waals surface area contributed by atoms with E-state index in [9.17, 15) is 4.79 Å². The van der Waals surface area contributed by atoms with E-state index >= 15 is 0 Å². The van der Waals surface area contributed by atoms with Crippen LogP contribution in [0.25, 0.3) is 33.3 Å². The SMILES string of the molecule is CC(=O)c1ccc2nnc(-c3ccccc3)c(-c3ccccc3)c2c1. The Kier molecular flexibility index (Phi) is 3.82. The number of ketones is 1. The number of aromatic nitrogens is 2. The lowest BCUT2D eigenvalue weighted by atomic mass is 9.94. The summed E-state index contributed by atoms with van der Waals surface area (Å²) in [5.74, 6) is 0.0407. The standard InChI is InChI=1S/C22H16N2O/c1-15(25)18-12-13-20-19(14-18)21(16-8-4-2-5-9-16)22(24-23-20)17-10-6-3-7-11-17/h2-14H,1H3. The highest BCUT2D eigenvalue weighted by Crippen LogP contribution is 2.35. The van der Waals surface area contributed by atoms with Crippen molar-refractivity contribution in [1.82, 2.24) is 10.2 Å². The van der Waals surface area contributed by atoms with Crippen LogP contribution in [0.4, 0.5) is 0 Å². The summed E-state index contributed by atoms with van der Waals surface area (Å²) in [4.78, 5) is 11.9. The Bertz CT molecular complexity index is 1060. The van der Waals surface area contributed by atoms with E-state index in [0.717, 1.165) is 33.3 Å². The number of rotatable bonds is 3. The minimum absolute atomic E-state index is 0.0407. The highest BCUT2D eigenvalue weighted by Gasteiger charge is 2.15. The van der Waals surface area contributed by atoms with Gasteiger partial charge >= 0.3 is 0 Å². The number of nitrogens with zero attached hydrogens (tertiary/aromatic N) is 2. The molecule has 0 unspecified atom stereocenters. The lowest BCUT2D eigenvalue weighted by Crippen LogP contribution is -1.98. The Morgan fingerprint density at radius 2 is 1.40 bits per heavy atom. The molecular formula is C22H16N2O. The van der Waals surface area contributed by atoms with Gasteiger partial charge in [-0.25, -0.2) is 0 Å². The van der Waals surface area contributed by atoms with Crippen molar-refractivity contribution in [2.24, 2.45) is 0 Å². The minimum atomic E-state index is 0.0407. The number of hydrogen-bond donors (Lipinski definition) is 0. The van der Waals surface area contributed by atoms with E-state index in [4.69, 9.17) is 0 Å². The molecule has 1 aromatic heterocycles. The molecule has 0 saturated carbocycles. The number of fused-ring (bicyclic) bond motifs is 1. The van der Waals surface area contributed by atoms with Crippen molar-refractivity contribution < 1.29 is 4.79 Å². The average Bonchev–Trinajstić information content (AvgIpc) is 2.68. The average molecular weight is 324 g/mol. The lowest BCUT2D eigenvalue weighted by Gasteiger charge is -2.12. The Morgan fingerprint density at radius 3 is 2.04 bits per heavy atom. The van der Waals surface area contributed by atoms with Gasteiger partial charge in [-0.3, -0.25) is 4.79 Å². The van der Waals surface area contributed by atoms with Crippen LogP contribution in [0.5, 0.6) is 0 Å². The smallest absolute Gasteiger partial charge is 0.159 e. The van der Waals surface area contributed by atoms with Gasteiger partial charge in [-0.05, 0) is 30.7 Å². The van der Waals surface area contributed by atoms with Gasteiger partial charge in [-0.2, -0.15) is 0 Å². The summed E-state index contributed by atoms with van der Waals surface area (Å²) in [7, 11) is 0. The van der Waals surface area contributed by atoms with Crippen LogP contribution in [0.15, 0.2) is 78.9 Å². The third-order valence-corrected chi connectivity index (χ3v) is 4.28. The number of carbonyl (C=O) groups is 1. The molecule has 1 heterocycles. The molecule has 0 amide bonds.